The molecule has 0 aromatic carbocycles. The zero-order chi connectivity index (χ0) is 7.98. The predicted octanol–water partition coefficient (Wildman–Crippen LogP) is -1.96. The zero-order valence-electron chi connectivity index (χ0n) is 5.79. The standard InChI is InChI=1S/C6H10O4.Co/c7-5(8)3-1-2-4-6(9)10;/h1-4H2,(H,7,8)(H,9,10);/q;+2/p-2. The van der Waals surface area contributed by atoms with Crippen LogP contribution in [0.5, 0.6) is 0 Å². The van der Waals surface area contributed by atoms with Crippen LogP contribution in [0.4, 0.5) is 0 Å². The molecule has 0 saturated carbocycles. The van der Waals surface area contributed by atoms with E-state index in [4.69, 9.17) is 0 Å². The minimum absolute atomic E-state index is 0. The summed E-state index contributed by atoms with van der Waals surface area (Å²) in [4.78, 5) is 19.5. The topological polar surface area (TPSA) is 80.3 Å². The number of hydrogen-bond donors (Lipinski definition) is 0. The zero-order valence-corrected chi connectivity index (χ0v) is 6.84. The molecule has 0 rings (SSSR count). The van der Waals surface area contributed by atoms with Crippen LogP contribution in [-0.2, 0) is 26.4 Å². The average Bonchev–Trinajstić information content (AvgIpc) is 1.79. The third-order valence-corrected chi connectivity index (χ3v) is 1.01. The van der Waals surface area contributed by atoms with Crippen LogP contribution in [0.3, 0.4) is 0 Å². The molecule has 11 heavy (non-hydrogen) atoms. The van der Waals surface area contributed by atoms with Gasteiger partial charge < -0.3 is 19.8 Å². The largest absolute Gasteiger partial charge is 2.00 e. The van der Waals surface area contributed by atoms with Gasteiger partial charge in [-0.25, -0.2) is 0 Å². The minimum Gasteiger partial charge on any atom is -0.550 e. The van der Waals surface area contributed by atoms with Gasteiger partial charge in [-0.3, -0.25) is 0 Å². The molecule has 0 saturated heterocycles. The Labute approximate surface area is 74.8 Å². The van der Waals surface area contributed by atoms with Crippen LogP contribution in [0.25, 0.3) is 0 Å². The Balaban J connectivity index is 0. The molecule has 0 unspecified atom stereocenters. The summed E-state index contributed by atoms with van der Waals surface area (Å²) in [7, 11) is 0. The van der Waals surface area contributed by atoms with Crippen LogP contribution in [0.1, 0.15) is 25.7 Å². The van der Waals surface area contributed by atoms with Crippen LogP contribution in [0.15, 0.2) is 0 Å². The smallest absolute Gasteiger partial charge is 0.550 e. The maximum atomic E-state index is 9.77. The van der Waals surface area contributed by atoms with Crippen molar-refractivity contribution in [3.63, 3.8) is 0 Å². The molecular weight excluding hydrogens is 195 g/mol. The van der Waals surface area contributed by atoms with Gasteiger partial charge in [-0.1, -0.05) is 0 Å². The molecule has 0 atom stereocenters. The number of carboxylic acid groups (broad SMARTS) is 2. The van der Waals surface area contributed by atoms with Crippen molar-refractivity contribution in [2.24, 2.45) is 0 Å². The van der Waals surface area contributed by atoms with Crippen molar-refractivity contribution in [2.75, 3.05) is 0 Å². The number of carbonyl (C=O) groups is 2. The summed E-state index contributed by atoms with van der Waals surface area (Å²) in [5, 5.41) is 19.5. The first-order valence-corrected chi connectivity index (χ1v) is 3.02. The molecule has 1 radical (unpaired) electrons. The first-order chi connectivity index (χ1) is 4.63. The fourth-order valence-electron chi connectivity index (χ4n) is 0.539. The summed E-state index contributed by atoms with van der Waals surface area (Å²) in [6.45, 7) is 0. The van der Waals surface area contributed by atoms with Gasteiger partial charge in [0.2, 0.25) is 0 Å². The van der Waals surface area contributed by atoms with E-state index in [-0.39, 0.29) is 29.6 Å². The van der Waals surface area contributed by atoms with Crippen molar-refractivity contribution >= 4 is 11.9 Å². The van der Waals surface area contributed by atoms with Gasteiger partial charge in [-0.15, -0.1) is 0 Å². The molecule has 0 spiro atoms. The molecule has 0 aliphatic rings. The molecule has 0 heterocycles. The summed E-state index contributed by atoms with van der Waals surface area (Å²) >= 11 is 0. The molecule has 0 aromatic heterocycles. The van der Waals surface area contributed by atoms with Gasteiger partial charge in [0.15, 0.2) is 0 Å². The third kappa shape index (κ3) is 12.6. The van der Waals surface area contributed by atoms with Crippen LogP contribution >= 0.6 is 0 Å². The van der Waals surface area contributed by atoms with Crippen LogP contribution in [-0.4, -0.2) is 11.9 Å². The normalized spacial score (nSPS) is 8.36. The maximum Gasteiger partial charge on any atom is 2.00 e. The Morgan fingerprint density at radius 2 is 1.18 bits per heavy atom. The molecule has 65 valence electrons. The van der Waals surface area contributed by atoms with E-state index in [9.17, 15) is 19.8 Å². The number of aliphatic carboxylic acids is 2. The minimum atomic E-state index is -1.14. The van der Waals surface area contributed by atoms with E-state index in [0.717, 1.165) is 0 Å². The molecule has 4 nitrogen and oxygen atoms in total. The van der Waals surface area contributed by atoms with E-state index in [1.807, 2.05) is 0 Å². The molecule has 0 amide bonds. The summed E-state index contributed by atoms with van der Waals surface area (Å²) < 4.78 is 0. The summed E-state index contributed by atoms with van der Waals surface area (Å²) in [5.74, 6) is -2.28. The number of carbonyl (C=O) groups excluding carboxylic acids is 2. The van der Waals surface area contributed by atoms with Crippen molar-refractivity contribution in [3.8, 4) is 0 Å². The number of hydrogen-bond acceptors (Lipinski definition) is 4. The Hall–Kier alpha value is -0.554. The van der Waals surface area contributed by atoms with Gasteiger partial charge >= 0.3 is 16.8 Å². The molecule has 5 heteroatoms. The summed E-state index contributed by atoms with van der Waals surface area (Å²) in [6.07, 6.45) is 0.535. The molecular formula is C6H8CoO4. The van der Waals surface area contributed by atoms with E-state index in [1.165, 1.54) is 0 Å². The number of unbranched alkanes of at least 4 members (excludes halogenated alkanes) is 1. The van der Waals surface area contributed by atoms with E-state index < -0.39 is 11.9 Å². The van der Waals surface area contributed by atoms with E-state index in [2.05, 4.69) is 0 Å². The van der Waals surface area contributed by atoms with Crippen molar-refractivity contribution in [1.82, 2.24) is 0 Å². The second-order valence-electron chi connectivity index (χ2n) is 1.95. The van der Waals surface area contributed by atoms with Gasteiger partial charge in [-0.2, -0.15) is 0 Å². The second-order valence-corrected chi connectivity index (χ2v) is 1.95. The van der Waals surface area contributed by atoms with Gasteiger partial charge in [0.05, 0.1) is 0 Å². The van der Waals surface area contributed by atoms with Crippen molar-refractivity contribution in [1.29, 1.82) is 0 Å². The van der Waals surface area contributed by atoms with Crippen molar-refractivity contribution < 1.29 is 36.6 Å². The van der Waals surface area contributed by atoms with Gasteiger partial charge in [0.25, 0.3) is 0 Å². The fourth-order valence-corrected chi connectivity index (χ4v) is 0.539. The average molecular weight is 203 g/mol. The van der Waals surface area contributed by atoms with Gasteiger partial charge in [0, 0.05) is 11.9 Å². The van der Waals surface area contributed by atoms with Crippen LogP contribution in [0.2, 0.25) is 0 Å². The van der Waals surface area contributed by atoms with Crippen LogP contribution in [0, 0.1) is 0 Å². The Kier molecular flexibility index (Phi) is 8.97. The SMILES string of the molecule is O=C([O-])CCCCC(=O)[O-].[Co+2]. The predicted molar refractivity (Wildman–Crippen MR) is 28.5 cm³/mol. The van der Waals surface area contributed by atoms with Gasteiger partial charge in [0.1, 0.15) is 0 Å². The first-order valence-electron chi connectivity index (χ1n) is 3.02. The molecule has 0 fully saturated rings. The molecule has 0 aliphatic heterocycles. The number of carboxylic acids is 2. The second kappa shape index (κ2) is 7.55. The molecule has 0 bridgehead atoms. The van der Waals surface area contributed by atoms with E-state index in [0.29, 0.717) is 12.8 Å². The Bertz CT molecular complexity index is 119. The molecule has 0 aliphatic carbocycles. The molecule has 0 N–H and O–H groups in total. The van der Waals surface area contributed by atoms with Crippen molar-refractivity contribution in [3.05, 3.63) is 0 Å². The van der Waals surface area contributed by atoms with Crippen molar-refractivity contribution in [2.45, 2.75) is 25.7 Å². The van der Waals surface area contributed by atoms with Crippen LogP contribution < -0.4 is 10.2 Å². The first kappa shape index (κ1) is 13.1. The monoisotopic (exact) mass is 203 g/mol. The summed E-state index contributed by atoms with van der Waals surface area (Å²) in [5.41, 5.74) is 0. The Morgan fingerprint density at radius 1 is 0.909 bits per heavy atom. The fraction of sp³-hybridized carbons (Fsp3) is 0.667. The quantitative estimate of drug-likeness (QED) is 0.486. The Morgan fingerprint density at radius 3 is 1.36 bits per heavy atom. The summed E-state index contributed by atoms with van der Waals surface area (Å²) in [6, 6.07) is 0. The maximum absolute atomic E-state index is 9.77. The molecule has 0 aromatic rings. The number of rotatable bonds is 5. The third-order valence-electron chi connectivity index (χ3n) is 1.01. The van der Waals surface area contributed by atoms with E-state index in [1.54, 1.807) is 0 Å². The van der Waals surface area contributed by atoms with E-state index >= 15 is 0 Å². The van der Waals surface area contributed by atoms with Gasteiger partial charge in [-0.05, 0) is 25.7 Å².